The van der Waals surface area contributed by atoms with E-state index in [1.807, 2.05) is 25.2 Å². The molecule has 0 saturated carbocycles. The molecule has 4 nitrogen and oxygen atoms in total. The fraction of sp³-hybridized carbons (Fsp3) is 0.462. The van der Waals surface area contributed by atoms with Crippen LogP contribution in [0.3, 0.4) is 0 Å². The van der Waals surface area contributed by atoms with Gasteiger partial charge in [-0.3, -0.25) is 4.79 Å². The molecule has 4 heteroatoms. The summed E-state index contributed by atoms with van der Waals surface area (Å²) in [7, 11) is 5.04. The molecule has 1 amide bonds. The highest BCUT2D eigenvalue weighted by Gasteiger charge is 2.30. The van der Waals surface area contributed by atoms with Gasteiger partial charge in [-0.25, -0.2) is 0 Å². The van der Waals surface area contributed by atoms with Crippen molar-refractivity contribution in [2.24, 2.45) is 0 Å². The maximum Gasteiger partial charge on any atom is 0.229 e. The van der Waals surface area contributed by atoms with Crippen LogP contribution in [0.15, 0.2) is 18.2 Å². The van der Waals surface area contributed by atoms with E-state index in [2.05, 4.69) is 0 Å². The number of rotatable bonds is 3. The Morgan fingerprint density at radius 1 is 1.24 bits per heavy atom. The van der Waals surface area contributed by atoms with Crippen LogP contribution in [0.25, 0.3) is 0 Å². The Bertz CT molecular complexity index is 431. The van der Waals surface area contributed by atoms with Gasteiger partial charge in [0.1, 0.15) is 0 Å². The maximum atomic E-state index is 11.9. The third-order valence-electron chi connectivity index (χ3n) is 3.24. The average molecular weight is 235 g/mol. The standard InChI is InChI=1S/C13H17NO3/c1-14-7-6-10(13(14)15)9-4-5-11(16-2)12(8-9)17-3/h4-5,8,10H,6-7H2,1-3H3. The zero-order valence-electron chi connectivity index (χ0n) is 10.4. The summed E-state index contributed by atoms with van der Waals surface area (Å²) in [6.07, 6.45) is 0.866. The summed E-state index contributed by atoms with van der Waals surface area (Å²) in [6, 6.07) is 5.67. The molecule has 0 aliphatic carbocycles. The second-order valence-corrected chi connectivity index (χ2v) is 4.22. The minimum atomic E-state index is -0.0418. The van der Waals surface area contributed by atoms with Crippen LogP contribution in [0.5, 0.6) is 11.5 Å². The van der Waals surface area contributed by atoms with E-state index < -0.39 is 0 Å². The van der Waals surface area contributed by atoms with Crippen molar-refractivity contribution in [2.45, 2.75) is 12.3 Å². The van der Waals surface area contributed by atoms with E-state index in [1.165, 1.54) is 0 Å². The minimum absolute atomic E-state index is 0.0418. The maximum absolute atomic E-state index is 11.9. The van der Waals surface area contributed by atoms with E-state index >= 15 is 0 Å². The number of hydrogen-bond donors (Lipinski definition) is 0. The number of likely N-dealkylation sites (tertiary alicyclic amines) is 1. The van der Waals surface area contributed by atoms with E-state index in [9.17, 15) is 4.79 Å². The number of nitrogens with zero attached hydrogens (tertiary/aromatic N) is 1. The monoisotopic (exact) mass is 235 g/mol. The van der Waals surface area contributed by atoms with Gasteiger partial charge in [-0.15, -0.1) is 0 Å². The topological polar surface area (TPSA) is 38.8 Å². The first-order chi connectivity index (χ1) is 8.17. The van der Waals surface area contributed by atoms with Crippen molar-refractivity contribution in [2.75, 3.05) is 27.8 Å². The molecule has 0 spiro atoms. The minimum Gasteiger partial charge on any atom is -0.493 e. The van der Waals surface area contributed by atoms with Gasteiger partial charge in [-0.1, -0.05) is 6.07 Å². The Morgan fingerprint density at radius 2 is 1.94 bits per heavy atom. The summed E-state index contributed by atoms with van der Waals surface area (Å²) in [5.41, 5.74) is 0.997. The molecule has 17 heavy (non-hydrogen) atoms. The van der Waals surface area contributed by atoms with Crippen LogP contribution < -0.4 is 9.47 Å². The number of amides is 1. The first-order valence-corrected chi connectivity index (χ1v) is 5.64. The summed E-state index contributed by atoms with van der Waals surface area (Å²) < 4.78 is 10.4. The Labute approximate surface area is 101 Å². The molecule has 0 radical (unpaired) electrons. The van der Waals surface area contributed by atoms with Crippen molar-refractivity contribution in [3.05, 3.63) is 23.8 Å². The number of hydrogen-bond acceptors (Lipinski definition) is 3. The van der Waals surface area contributed by atoms with Crippen molar-refractivity contribution in [3.8, 4) is 11.5 Å². The van der Waals surface area contributed by atoms with E-state index in [1.54, 1.807) is 19.1 Å². The lowest BCUT2D eigenvalue weighted by Gasteiger charge is -2.13. The molecule has 1 unspecified atom stereocenters. The normalized spacial score (nSPS) is 19.6. The number of ether oxygens (including phenoxy) is 2. The zero-order chi connectivity index (χ0) is 12.4. The quantitative estimate of drug-likeness (QED) is 0.799. The van der Waals surface area contributed by atoms with Crippen LogP contribution in [0.2, 0.25) is 0 Å². The number of benzene rings is 1. The SMILES string of the molecule is COc1ccc(C2CCN(C)C2=O)cc1OC. The Balaban J connectivity index is 2.31. The molecule has 1 aromatic carbocycles. The second kappa shape index (κ2) is 4.65. The molecular weight excluding hydrogens is 218 g/mol. The first kappa shape index (κ1) is 11.8. The van der Waals surface area contributed by atoms with Crippen LogP contribution >= 0.6 is 0 Å². The van der Waals surface area contributed by atoms with Gasteiger partial charge in [0.15, 0.2) is 11.5 Å². The summed E-state index contributed by atoms with van der Waals surface area (Å²) >= 11 is 0. The van der Waals surface area contributed by atoms with Gasteiger partial charge < -0.3 is 14.4 Å². The predicted octanol–water partition coefficient (Wildman–Crippen LogP) is 1.65. The molecule has 1 heterocycles. The smallest absolute Gasteiger partial charge is 0.229 e. The van der Waals surface area contributed by atoms with Crippen LogP contribution in [0.1, 0.15) is 17.9 Å². The molecule has 1 aliphatic rings. The molecule has 92 valence electrons. The first-order valence-electron chi connectivity index (χ1n) is 5.64. The van der Waals surface area contributed by atoms with Crippen LogP contribution in [-0.2, 0) is 4.79 Å². The van der Waals surface area contributed by atoms with Gasteiger partial charge in [-0.2, -0.15) is 0 Å². The lowest BCUT2D eigenvalue weighted by Crippen LogP contribution is -2.21. The molecular formula is C13H17NO3. The molecule has 1 aromatic rings. The second-order valence-electron chi connectivity index (χ2n) is 4.22. The van der Waals surface area contributed by atoms with E-state index in [-0.39, 0.29) is 11.8 Å². The van der Waals surface area contributed by atoms with Crippen LogP contribution in [0, 0.1) is 0 Å². The van der Waals surface area contributed by atoms with E-state index in [4.69, 9.17) is 9.47 Å². The Morgan fingerprint density at radius 3 is 2.47 bits per heavy atom. The van der Waals surface area contributed by atoms with Gasteiger partial charge in [0.2, 0.25) is 5.91 Å². The largest absolute Gasteiger partial charge is 0.493 e. The predicted molar refractivity (Wildman–Crippen MR) is 64.5 cm³/mol. The van der Waals surface area contributed by atoms with Crippen molar-refractivity contribution in [1.29, 1.82) is 0 Å². The highest BCUT2D eigenvalue weighted by molar-refractivity contribution is 5.85. The lowest BCUT2D eigenvalue weighted by atomic mass is 9.97. The van der Waals surface area contributed by atoms with Crippen molar-refractivity contribution in [3.63, 3.8) is 0 Å². The van der Waals surface area contributed by atoms with Gasteiger partial charge in [-0.05, 0) is 24.1 Å². The summed E-state index contributed by atoms with van der Waals surface area (Å²) in [5, 5.41) is 0. The average Bonchev–Trinajstić information content (AvgIpc) is 2.69. The van der Waals surface area contributed by atoms with Gasteiger partial charge in [0.25, 0.3) is 0 Å². The third-order valence-corrected chi connectivity index (χ3v) is 3.24. The molecule has 1 aliphatic heterocycles. The molecule has 0 N–H and O–H groups in total. The molecule has 1 atom stereocenters. The van der Waals surface area contributed by atoms with E-state index in [0.717, 1.165) is 18.5 Å². The molecule has 1 fully saturated rings. The summed E-state index contributed by atoms with van der Waals surface area (Å²) in [5.74, 6) is 1.50. The van der Waals surface area contributed by atoms with Crippen molar-refractivity contribution < 1.29 is 14.3 Å². The third kappa shape index (κ3) is 2.07. The lowest BCUT2D eigenvalue weighted by molar-refractivity contribution is -0.127. The Hall–Kier alpha value is -1.71. The molecule has 2 rings (SSSR count). The molecule has 1 saturated heterocycles. The van der Waals surface area contributed by atoms with Crippen LogP contribution in [-0.4, -0.2) is 38.6 Å². The fourth-order valence-corrected chi connectivity index (χ4v) is 2.20. The number of likely N-dealkylation sites (N-methyl/N-ethyl adjacent to an activating group) is 1. The van der Waals surface area contributed by atoms with Gasteiger partial charge >= 0.3 is 0 Å². The number of carbonyl (C=O) groups is 1. The summed E-state index contributed by atoms with van der Waals surface area (Å²) in [6.45, 7) is 0.817. The number of methoxy groups -OCH3 is 2. The highest BCUT2D eigenvalue weighted by atomic mass is 16.5. The van der Waals surface area contributed by atoms with Crippen molar-refractivity contribution in [1.82, 2.24) is 4.90 Å². The fourth-order valence-electron chi connectivity index (χ4n) is 2.20. The number of carbonyl (C=O) groups excluding carboxylic acids is 1. The molecule has 0 aromatic heterocycles. The van der Waals surface area contributed by atoms with Gasteiger partial charge in [0.05, 0.1) is 20.1 Å². The zero-order valence-corrected chi connectivity index (χ0v) is 10.4. The highest BCUT2D eigenvalue weighted by Crippen LogP contribution is 2.34. The van der Waals surface area contributed by atoms with Crippen molar-refractivity contribution >= 4 is 5.91 Å². The van der Waals surface area contributed by atoms with Crippen LogP contribution in [0.4, 0.5) is 0 Å². The van der Waals surface area contributed by atoms with Gasteiger partial charge in [0, 0.05) is 13.6 Å². The summed E-state index contributed by atoms with van der Waals surface area (Å²) in [4.78, 5) is 13.7. The molecule has 0 bridgehead atoms. The van der Waals surface area contributed by atoms with E-state index in [0.29, 0.717) is 11.5 Å². The Kier molecular flexibility index (Phi) is 3.22.